The van der Waals surface area contributed by atoms with E-state index in [-0.39, 0.29) is 0 Å². The average Bonchev–Trinajstić information content (AvgIpc) is 2.77. The summed E-state index contributed by atoms with van der Waals surface area (Å²) in [6.07, 6.45) is 0.599. The molecule has 2 aromatic carbocycles. The molecule has 1 spiro atoms. The first kappa shape index (κ1) is 11.8. The highest BCUT2D eigenvalue weighted by Crippen LogP contribution is 2.51. The number of fused-ring (bicyclic) bond motifs is 3. The number of rotatable bonds is 1. The van der Waals surface area contributed by atoms with Crippen LogP contribution >= 0.6 is 11.6 Å². The minimum absolute atomic E-state index is 0.458. The van der Waals surface area contributed by atoms with E-state index in [1.165, 1.54) is 0 Å². The lowest BCUT2D eigenvalue weighted by Gasteiger charge is -2.46. The second-order valence-corrected chi connectivity index (χ2v) is 6.51. The quantitative estimate of drug-likeness (QED) is 0.579. The standard InChI is InChI=1S/C19H21ClN2/c1-3-22-13-19(15-9-5-7-11-17(15)22)12-14-8-4-6-10-16(14)21(2)18(19)20/h4-11,18H,3,12-13H2,1-2H3/i13D2. The molecule has 2 aromatic rings. The Morgan fingerprint density at radius 2 is 1.86 bits per heavy atom. The molecular weight excluding hydrogens is 292 g/mol. The zero-order chi connectivity index (χ0) is 17.1. The van der Waals surface area contributed by atoms with Crippen LogP contribution in [0.25, 0.3) is 0 Å². The van der Waals surface area contributed by atoms with E-state index in [1.54, 1.807) is 0 Å². The van der Waals surface area contributed by atoms with Crippen molar-refractivity contribution in [1.82, 2.24) is 0 Å². The zero-order valence-corrected chi connectivity index (χ0v) is 13.6. The highest BCUT2D eigenvalue weighted by atomic mass is 35.5. The Bertz CT molecular complexity index is 794. The van der Waals surface area contributed by atoms with Crippen LogP contribution < -0.4 is 9.80 Å². The van der Waals surface area contributed by atoms with Gasteiger partial charge in [0, 0.05) is 31.5 Å². The molecule has 0 bridgehead atoms. The van der Waals surface area contributed by atoms with Gasteiger partial charge in [0.05, 0.1) is 8.16 Å². The molecule has 114 valence electrons. The Morgan fingerprint density at radius 1 is 1.18 bits per heavy atom. The van der Waals surface area contributed by atoms with Crippen LogP contribution in [0, 0.1) is 0 Å². The van der Waals surface area contributed by atoms with E-state index in [4.69, 9.17) is 14.3 Å². The van der Waals surface area contributed by atoms with Crippen molar-refractivity contribution < 1.29 is 2.74 Å². The van der Waals surface area contributed by atoms with Gasteiger partial charge in [0.25, 0.3) is 0 Å². The Hall–Kier alpha value is -1.67. The first-order valence-corrected chi connectivity index (χ1v) is 8.20. The highest BCUT2D eigenvalue weighted by Gasteiger charge is 2.51. The largest absolute Gasteiger partial charge is 0.371 e. The van der Waals surface area contributed by atoms with Gasteiger partial charge >= 0.3 is 0 Å². The molecule has 2 aliphatic heterocycles. The van der Waals surface area contributed by atoms with Crippen LogP contribution in [0.5, 0.6) is 0 Å². The van der Waals surface area contributed by atoms with E-state index in [0.29, 0.717) is 13.0 Å². The third-order valence-corrected chi connectivity index (χ3v) is 5.58. The van der Waals surface area contributed by atoms with Crippen molar-refractivity contribution in [2.75, 3.05) is 29.9 Å². The summed E-state index contributed by atoms with van der Waals surface area (Å²) in [7, 11) is 1.96. The maximum atomic E-state index is 9.01. The van der Waals surface area contributed by atoms with Gasteiger partial charge in [-0.1, -0.05) is 48.0 Å². The van der Waals surface area contributed by atoms with Gasteiger partial charge in [-0.05, 0) is 36.6 Å². The molecule has 0 radical (unpaired) electrons. The van der Waals surface area contributed by atoms with E-state index in [0.717, 1.165) is 22.5 Å². The molecule has 2 unspecified atom stereocenters. The molecular formula is C19H21ClN2. The van der Waals surface area contributed by atoms with Gasteiger partial charge in [-0.2, -0.15) is 0 Å². The molecule has 0 saturated carbocycles. The Labute approximate surface area is 140 Å². The lowest BCUT2D eigenvalue weighted by Crippen LogP contribution is -2.53. The molecule has 22 heavy (non-hydrogen) atoms. The van der Waals surface area contributed by atoms with Gasteiger partial charge in [0.15, 0.2) is 0 Å². The van der Waals surface area contributed by atoms with Crippen LogP contribution in [0.1, 0.15) is 20.8 Å². The summed E-state index contributed by atoms with van der Waals surface area (Å²) in [6.45, 7) is 1.05. The predicted molar refractivity (Wildman–Crippen MR) is 94.2 cm³/mol. The van der Waals surface area contributed by atoms with E-state index in [1.807, 2.05) is 60.2 Å². The van der Waals surface area contributed by atoms with Gasteiger partial charge < -0.3 is 9.80 Å². The number of likely N-dealkylation sites (N-methyl/N-ethyl adjacent to an activating group) is 2. The second kappa shape index (κ2) is 4.92. The Kier molecular flexibility index (Phi) is 2.65. The summed E-state index contributed by atoms with van der Waals surface area (Å²) in [6, 6.07) is 16.2. The van der Waals surface area contributed by atoms with E-state index < -0.39 is 17.4 Å². The van der Waals surface area contributed by atoms with Crippen LogP contribution in [0.15, 0.2) is 48.5 Å². The lowest BCUT2D eigenvalue weighted by molar-refractivity contribution is 0.404. The number of anilines is 2. The minimum atomic E-state index is -1.56. The second-order valence-electron chi connectivity index (χ2n) is 6.10. The van der Waals surface area contributed by atoms with Crippen molar-refractivity contribution >= 4 is 23.0 Å². The average molecular weight is 315 g/mol. The fraction of sp³-hybridized carbons (Fsp3) is 0.368. The van der Waals surface area contributed by atoms with Crippen LogP contribution in [0.3, 0.4) is 0 Å². The number of hydrogen-bond acceptors (Lipinski definition) is 2. The van der Waals surface area contributed by atoms with E-state index in [9.17, 15) is 0 Å². The number of benzene rings is 2. The third-order valence-electron chi connectivity index (χ3n) is 4.91. The van der Waals surface area contributed by atoms with Crippen molar-refractivity contribution in [3.63, 3.8) is 0 Å². The summed E-state index contributed by atoms with van der Waals surface area (Å²) in [5, 5.41) is 0. The molecule has 4 rings (SSSR count). The van der Waals surface area contributed by atoms with Gasteiger partial charge in [0.2, 0.25) is 0 Å². The SMILES string of the molecule is [2H]C1([2H])N(CC)c2ccccc2C12Cc1ccccc1N(C)C2Cl. The molecule has 2 nitrogen and oxygen atoms in total. The van der Waals surface area contributed by atoms with Crippen LogP contribution in [-0.4, -0.2) is 25.6 Å². The van der Waals surface area contributed by atoms with Gasteiger partial charge in [-0.3, -0.25) is 0 Å². The molecule has 0 amide bonds. The van der Waals surface area contributed by atoms with E-state index >= 15 is 0 Å². The van der Waals surface area contributed by atoms with Crippen molar-refractivity contribution in [3.8, 4) is 0 Å². The first-order valence-electron chi connectivity index (χ1n) is 8.77. The summed E-state index contributed by atoms with van der Waals surface area (Å²) >= 11 is 6.95. The monoisotopic (exact) mass is 314 g/mol. The molecule has 2 atom stereocenters. The number of alkyl halides is 1. The Morgan fingerprint density at radius 3 is 2.64 bits per heavy atom. The van der Waals surface area contributed by atoms with Crippen LogP contribution in [-0.2, 0) is 11.8 Å². The van der Waals surface area contributed by atoms with Crippen LogP contribution in [0.2, 0.25) is 0 Å². The third kappa shape index (κ3) is 1.73. The maximum Gasteiger partial charge on any atom is 0.115 e. The number of hydrogen-bond donors (Lipinski definition) is 0. The summed E-state index contributed by atoms with van der Waals surface area (Å²) in [5.41, 5.74) is 2.95. The van der Waals surface area contributed by atoms with E-state index in [2.05, 4.69) is 12.1 Å². The van der Waals surface area contributed by atoms with Gasteiger partial charge in [-0.25, -0.2) is 0 Å². The first-order chi connectivity index (χ1) is 11.4. The minimum Gasteiger partial charge on any atom is -0.371 e. The fourth-order valence-electron chi connectivity index (χ4n) is 3.85. The molecule has 2 heterocycles. The van der Waals surface area contributed by atoms with Gasteiger partial charge in [-0.15, -0.1) is 0 Å². The Balaban J connectivity index is 2.00. The zero-order valence-electron chi connectivity index (χ0n) is 14.9. The smallest absolute Gasteiger partial charge is 0.115 e. The summed E-state index contributed by atoms with van der Waals surface area (Å²) in [5.74, 6) is 0. The lowest BCUT2D eigenvalue weighted by atomic mass is 9.73. The number of halogens is 1. The predicted octanol–water partition coefficient (Wildman–Crippen LogP) is 4.02. The molecule has 0 aliphatic carbocycles. The molecule has 0 aromatic heterocycles. The highest BCUT2D eigenvalue weighted by molar-refractivity contribution is 6.23. The number of para-hydroxylation sites is 2. The van der Waals surface area contributed by atoms with Crippen LogP contribution in [0.4, 0.5) is 11.4 Å². The summed E-state index contributed by atoms with van der Waals surface area (Å²) < 4.78 is 18.0. The summed E-state index contributed by atoms with van der Waals surface area (Å²) in [4.78, 5) is 3.88. The fourth-order valence-corrected chi connectivity index (χ4v) is 4.20. The molecule has 3 heteroatoms. The molecule has 0 fully saturated rings. The molecule has 2 aliphatic rings. The van der Waals surface area contributed by atoms with Crippen molar-refractivity contribution in [1.29, 1.82) is 0 Å². The van der Waals surface area contributed by atoms with Crippen molar-refractivity contribution in [2.24, 2.45) is 0 Å². The molecule has 0 N–H and O–H groups in total. The van der Waals surface area contributed by atoms with Crippen molar-refractivity contribution in [3.05, 3.63) is 59.7 Å². The van der Waals surface area contributed by atoms with Crippen molar-refractivity contribution in [2.45, 2.75) is 24.3 Å². The topological polar surface area (TPSA) is 6.48 Å². The molecule has 0 saturated heterocycles. The maximum absolute atomic E-state index is 9.01. The van der Waals surface area contributed by atoms with Gasteiger partial charge in [0.1, 0.15) is 5.50 Å². The normalized spacial score (nSPS) is 29.9. The number of nitrogens with zero attached hydrogens (tertiary/aromatic N) is 2.